The Morgan fingerprint density at radius 1 is 1.22 bits per heavy atom. The van der Waals surface area contributed by atoms with Gasteiger partial charge in [-0.2, -0.15) is 5.26 Å². The normalized spacial score (nSPS) is 10.0. The number of aryl methyl sites for hydroxylation is 1. The molecule has 2 N–H and O–H groups in total. The molecule has 0 saturated heterocycles. The van der Waals surface area contributed by atoms with Crippen LogP contribution in [-0.4, -0.2) is 28.3 Å². The van der Waals surface area contributed by atoms with Gasteiger partial charge in [-0.25, -0.2) is 4.98 Å². The summed E-state index contributed by atoms with van der Waals surface area (Å²) in [6, 6.07) is 9.62. The van der Waals surface area contributed by atoms with E-state index in [1.165, 1.54) is 25.1 Å². The van der Waals surface area contributed by atoms with Gasteiger partial charge in [-0.3, -0.25) is 25.2 Å². The predicted molar refractivity (Wildman–Crippen MR) is 101 cm³/mol. The minimum Gasteiger partial charge on any atom is -0.294 e. The molecule has 1 heterocycles. The van der Waals surface area contributed by atoms with Crippen molar-refractivity contribution in [3.63, 3.8) is 0 Å². The van der Waals surface area contributed by atoms with Gasteiger partial charge in [0.25, 0.3) is 5.91 Å². The number of amides is 2. The third kappa shape index (κ3) is 5.54. The number of ketones is 1. The van der Waals surface area contributed by atoms with Crippen LogP contribution in [0.1, 0.15) is 38.9 Å². The Hall–Kier alpha value is -2.89. The second-order valence-corrected chi connectivity index (χ2v) is 6.84. The number of carbonyl (C=O) groups is 3. The number of Topliss-reactive ketones (excluding diaryl/α,β-unsaturated/α-hetero) is 1. The Bertz CT molecular complexity index is 939. The number of nitrogens with one attached hydrogen (secondary N) is 2. The van der Waals surface area contributed by atoms with Crippen LogP contribution in [0.25, 0.3) is 0 Å². The summed E-state index contributed by atoms with van der Waals surface area (Å²) in [6.45, 7) is 3.06. The van der Waals surface area contributed by atoms with Crippen LogP contribution in [0, 0.1) is 18.3 Å². The highest BCUT2D eigenvalue weighted by Crippen LogP contribution is 2.22. The van der Waals surface area contributed by atoms with Gasteiger partial charge in [0, 0.05) is 21.8 Å². The van der Waals surface area contributed by atoms with E-state index in [9.17, 15) is 19.6 Å². The molecule has 0 atom stereocenters. The molecule has 0 unspecified atom stereocenters. The van der Waals surface area contributed by atoms with E-state index >= 15 is 0 Å². The second kappa shape index (κ2) is 9.16. The second-order valence-electron chi connectivity index (χ2n) is 5.44. The maximum absolute atomic E-state index is 11.9. The molecule has 2 aromatic rings. The number of hydrogen-bond donors (Lipinski definition) is 2. The summed E-state index contributed by atoms with van der Waals surface area (Å²) in [5.41, 5.74) is 6.00. The van der Waals surface area contributed by atoms with E-state index in [1.807, 2.05) is 6.07 Å². The Labute approximate surface area is 165 Å². The highest BCUT2D eigenvalue weighted by Gasteiger charge is 2.14. The zero-order chi connectivity index (χ0) is 20.0. The van der Waals surface area contributed by atoms with Gasteiger partial charge in [-0.15, -0.1) is 0 Å². The van der Waals surface area contributed by atoms with Crippen molar-refractivity contribution in [2.24, 2.45) is 0 Å². The summed E-state index contributed by atoms with van der Waals surface area (Å²) < 4.78 is 0. The van der Waals surface area contributed by atoms with Crippen molar-refractivity contribution >= 4 is 41.0 Å². The number of nitrogens with zero attached hydrogens (tertiary/aromatic N) is 2. The van der Waals surface area contributed by atoms with Crippen LogP contribution in [0.2, 0.25) is 5.02 Å². The summed E-state index contributed by atoms with van der Waals surface area (Å²) in [4.78, 5) is 39.6. The molecule has 0 radical (unpaired) electrons. The Morgan fingerprint density at radius 2 is 1.89 bits per heavy atom. The van der Waals surface area contributed by atoms with Crippen LogP contribution in [0.4, 0.5) is 0 Å². The van der Waals surface area contributed by atoms with Gasteiger partial charge in [0.2, 0.25) is 5.91 Å². The topological polar surface area (TPSA) is 112 Å². The number of aromatic nitrogens is 1. The lowest BCUT2D eigenvalue weighted by molar-refractivity contribution is -0.119. The molecule has 138 valence electrons. The lowest BCUT2D eigenvalue weighted by Gasteiger charge is -2.09. The van der Waals surface area contributed by atoms with Crippen molar-refractivity contribution in [1.29, 1.82) is 5.26 Å². The lowest BCUT2D eigenvalue weighted by Crippen LogP contribution is -2.42. The Morgan fingerprint density at radius 3 is 2.48 bits per heavy atom. The molecular formula is C18H15ClN4O3S. The molecule has 0 aliphatic heterocycles. The van der Waals surface area contributed by atoms with Crippen molar-refractivity contribution in [2.45, 2.75) is 18.9 Å². The average Bonchev–Trinajstić information content (AvgIpc) is 2.64. The first-order valence-electron chi connectivity index (χ1n) is 7.72. The van der Waals surface area contributed by atoms with Gasteiger partial charge in [-0.05, 0) is 44.2 Å². The van der Waals surface area contributed by atoms with Crippen molar-refractivity contribution < 1.29 is 14.4 Å². The number of hydrazine groups is 1. The fourth-order valence-electron chi connectivity index (χ4n) is 2.10. The summed E-state index contributed by atoms with van der Waals surface area (Å²) in [5.74, 6) is -1.21. The minimum atomic E-state index is -0.484. The van der Waals surface area contributed by atoms with Gasteiger partial charge in [0.15, 0.2) is 5.78 Å². The van der Waals surface area contributed by atoms with Crippen molar-refractivity contribution in [1.82, 2.24) is 15.8 Å². The molecule has 0 bridgehead atoms. The van der Waals surface area contributed by atoms with Gasteiger partial charge in [0.1, 0.15) is 11.1 Å². The van der Waals surface area contributed by atoms with E-state index in [4.69, 9.17) is 11.6 Å². The van der Waals surface area contributed by atoms with E-state index in [0.29, 0.717) is 26.9 Å². The maximum atomic E-state index is 11.9. The third-order valence-electron chi connectivity index (χ3n) is 3.44. The third-order valence-corrected chi connectivity index (χ3v) is 4.68. The molecule has 1 aromatic carbocycles. The molecule has 0 spiro atoms. The fourth-order valence-corrected chi connectivity index (χ4v) is 3.03. The summed E-state index contributed by atoms with van der Waals surface area (Å²) in [5, 5.41) is 10.1. The smallest absolute Gasteiger partial charge is 0.269 e. The minimum absolute atomic E-state index is 0.0680. The zero-order valence-corrected chi connectivity index (χ0v) is 16.1. The largest absolute Gasteiger partial charge is 0.294 e. The zero-order valence-electron chi connectivity index (χ0n) is 14.5. The standard InChI is InChI=1S/C18H15ClN4O3S/c1-10-15(11(2)24)7-13(8-20)18(21-10)27-9-16(25)22-23-17(26)12-3-5-14(19)6-4-12/h3-7H,9H2,1-2H3,(H,22,25)(H,23,26). The lowest BCUT2D eigenvalue weighted by atomic mass is 10.1. The number of nitriles is 1. The van der Waals surface area contributed by atoms with Crippen LogP contribution in [0.5, 0.6) is 0 Å². The first-order chi connectivity index (χ1) is 12.8. The molecule has 27 heavy (non-hydrogen) atoms. The average molecular weight is 403 g/mol. The monoisotopic (exact) mass is 402 g/mol. The van der Waals surface area contributed by atoms with E-state index in [-0.39, 0.29) is 17.1 Å². The molecule has 0 aliphatic rings. The Kier molecular flexibility index (Phi) is 6.93. The number of carbonyl (C=O) groups excluding carboxylic acids is 3. The summed E-state index contributed by atoms with van der Waals surface area (Å²) >= 11 is 6.79. The maximum Gasteiger partial charge on any atom is 0.269 e. The van der Waals surface area contributed by atoms with Crippen LogP contribution < -0.4 is 10.9 Å². The predicted octanol–water partition coefficient (Wildman–Crippen LogP) is 2.67. The highest BCUT2D eigenvalue weighted by atomic mass is 35.5. The van der Waals surface area contributed by atoms with E-state index < -0.39 is 11.8 Å². The van der Waals surface area contributed by atoms with Crippen LogP contribution in [0.3, 0.4) is 0 Å². The molecule has 0 saturated carbocycles. The highest BCUT2D eigenvalue weighted by molar-refractivity contribution is 8.00. The number of pyridine rings is 1. The Balaban J connectivity index is 1.94. The van der Waals surface area contributed by atoms with Crippen LogP contribution in [-0.2, 0) is 4.79 Å². The first-order valence-corrected chi connectivity index (χ1v) is 9.08. The molecule has 7 nitrogen and oxygen atoms in total. The van der Waals surface area contributed by atoms with Gasteiger partial charge in [0.05, 0.1) is 11.3 Å². The molecule has 1 aromatic heterocycles. The number of thioether (sulfide) groups is 1. The summed E-state index contributed by atoms with van der Waals surface area (Å²) in [7, 11) is 0. The van der Waals surface area contributed by atoms with Crippen LogP contribution >= 0.6 is 23.4 Å². The fraction of sp³-hybridized carbons (Fsp3) is 0.167. The van der Waals surface area contributed by atoms with Gasteiger partial charge < -0.3 is 0 Å². The van der Waals surface area contributed by atoms with Crippen molar-refractivity contribution in [3.8, 4) is 6.07 Å². The quantitative estimate of drug-likeness (QED) is 0.451. The van der Waals surface area contributed by atoms with Crippen molar-refractivity contribution in [2.75, 3.05) is 5.75 Å². The summed E-state index contributed by atoms with van der Waals surface area (Å²) in [6.07, 6.45) is 0. The number of hydrogen-bond acceptors (Lipinski definition) is 6. The first kappa shape index (κ1) is 20.4. The van der Waals surface area contributed by atoms with E-state index in [1.54, 1.807) is 19.1 Å². The SMILES string of the molecule is CC(=O)c1cc(C#N)c(SCC(=O)NNC(=O)c2ccc(Cl)cc2)nc1C. The number of halogens is 1. The van der Waals surface area contributed by atoms with E-state index in [2.05, 4.69) is 15.8 Å². The molecule has 2 rings (SSSR count). The number of rotatable bonds is 5. The van der Waals surface area contributed by atoms with Gasteiger partial charge in [-0.1, -0.05) is 23.4 Å². The molecule has 9 heteroatoms. The number of benzene rings is 1. The van der Waals surface area contributed by atoms with Gasteiger partial charge >= 0.3 is 0 Å². The van der Waals surface area contributed by atoms with Crippen molar-refractivity contribution in [3.05, 3.63) is 57.7 Å². The molecular weight excluding hydrogens is 388 g/mol. The molecule has 0 fully saturated rings. The van der Waals surface area contributed by atoms with Crippen LogP contribution in [0.15, 0.2) is 35.4 Å². The molecule has 0 aliphatic carbocycles. The van der Waals surface area contributed by atoms with E-state index in [0.717, 1.165) is 11.8 Å². The molecule has 2 amide bonds.